The number of nitrogens with zero attached hydrogens (tertiary/aromatic N) is 2. The van der Waals surface area contributed by atoms with Gasteiger partial charge in [-0.1, -0.05) is 0 Å². The molecule has 0 amide bonds. The number of ether oxygens (including phenoxy) is 1. The predicted octanol–water partition coefficient (Wildman–Crippen LogP) is 0.602. The Morgan fingerprint density at radius 2 is 2.00 bits per heavy atom. The standard InChI is InChI=1S/C11H21N3O/c12-4-3-5-13-6-10-15-11-9-14-7-1-2-8-14/h13H,1-3,5-11H2. The van der Waals surface area contributed by atoms with E-state index in [0.29, 0.717) is 6.42 Å². The molecule has 86 valence electrons. The second-order valence-electron chi connectivity index (χ2n) is 3.82. The van der Waals surface area contributed by atoms with Crippen LogP contribution in [0.1, 0.15) is 19.3 Å². The summed E-state index contributed by atoms with van der Waals surface area (Å²) in [4.78, 5) is 2.45. The molecular weight excluding hydrogens is 190 g/mol. The lowest BCUT2D eigenvalue weighted by Crippen LogP contribution is -2.26. The number of likely N-dealkylation sites (tertiary alicyclic amines) is 1. The average molecular weight is 211 g/mol. The summed E-state index contributed by atoms with van der Waals surface area (Å²) in [5.41, 5.74) is 0. The predicted molar refractivity (Wildman–Crippen MR) is 59.6 cm³/mol. The number of hydrogen-bond donors (Lipinski definition) is 1. The zero-order valence-corrected chi connectivity index (χ0v) is 9.37. The molecule has 4 nitrogen and oxygen atoms in total. The van der Waals surface area contributed by atoms with E-state index in [1.807, 2.05) is 0 Å². The van der Waals surface area contributed by atoms with Crippen molar-refractivity contribution >= 4 is 0 Å². The van der Waals surface area contributed by atoms with E-state index in [0.717, 1.165) is 32.8 Å². The molecule has 0 aromatic carbocycles. The Kier molecular flexibility index (Phi) is 7.18. The van der Waals surface area contributed by atoms with E-state index in [9.17, 15) is 0 Å². The van der Waals surface area contributed by atoms with Gasteiger partial charge in [-0.25, -0.2) is 0 Å². The lowest BCUT2D eigenvalue weighted by molar-refractivity contribution is 0.113. The molecule has 0 aromatic rings. The van der Waals surface area contributed by atoms with Gasteiger partial charge in [0, 0.05) is 26.1 Å². The minimum absolute atomic E-state index is 0.577. The SMILES string of the molecule is N#CCCNCCOCCN1CCCC1. The second kappa shape index (κ2) is 8.66. The van der Waals surface area contributed by atoms with Gasteiger partial charge in [0.1, 0.15) is 0 Å². The van der Waals surface area contributed by atoms with Crippen LogP contribution in [0.15, 0.2) is 0 Å². The molecule has 0 saturated carbocycles. The van der Waals surface area contributed by atoms with Crippen molar-refractivity contribution in [1.82, 2.24) is 10.2 Å². The van der Waals surface area contributed by atoms with Crippen molar-refractivity contribution in [2.24, 2.45) is 0 Å². The van der Waals surface area contributed by atoms with Gasteiger partial charge < -0.3 is 15.0 Å². The van der Waals surface area contributed by atoms with Crippen molar-refractivity contribution in [3.05, 3.63) is 0 Å². The molecule has 0 aromatic heterocycles. The van der Waals surface area contributed by atoms with Gasteiger partial charge in [0.05, 0.1) is 19.3 Å². The van der Waals surface area contributed by atoms with Crippen molar-refractivity contribution in [2.75, 3.05) is 45.9 Å². The molecule has 1 aliphatic heterocycles. The van der Waals surface area contributed by atoms with E-state index < -0.39 is 0 Å². The zero-order chi connectivity index (χ0) is 10.8. The van der Waals surface area contributed by atoms with E-state index in [-0.39, 0.29) is 0 Å². The summed E-state index contributed by atoms with van der Waals surface area (Å²) in [6, 6.07) is 2.10. The van der Waals surface area contributed by atoms with Crippen molar-refractivity contribution in [2.45, 2.75) is 19.3 Å². The molecule has 0 spiro atoms. The summed E-state index contributed by atoms with van der Waals surface area (Å²) in [5, 5.41) is 11.5. The maximum Gasteiger partial charge on any atom is 0.0635 e. The maximum atomic E-state index is 8.30. The van der Waals surface area contributed by atoms with Gasteiger partial charge in [-0.05, 0) is 25.9 Å². The highest BCUT2D eigenvalue weighted by Gasteiger charge is 2.09. The summed E-state index contributed by atoms with van der Waals surface area (Å²) in [6.07, 6.45) is 3.26. The third-order valence-corrected chi connectivity index (χ3v) is 2.59. The van der Waals surface area contributed by atoms with Crippen molar-refractivity contribution in [3.63, 3.8) is 0 Å². The highest BCUT2D eigenvalue weighted by atomic mass is 16.5. The summed E-state index contributed by atoms with van der Waals surface area (Å²) in [7, 11) is 0. The molecule has 4 heteroatoms. The smallest absolute Gasteiger partial charge is 0.0635 e. The molecule has 1 aliphatic rings. The Morgan fingerprint density at radius 1 is 1.20 bits per heavy atom. The van der Waals surface area contributed by atoms with Crippen molar-refractivity contribution < 1.29 is 4.74 Å². The van der Waals surface area contributed by atoms with E-state index in [1.54, 1.807) is 0 Å². The molecular formula is C11H21N3O. The maximum absolute atomic E-state index is 8.30. The average Bonchev–Trinajstić information content (AvgIpc) is 2.75. The van der Waals surface area contributed by atoms with E-state index in [2.05, 4.69) is 16.3 Å². The van der Waals surface area contributed by atoms with Crippen molar-refractivity contribution in [1.29, 1.82) is 5.26 Å². The third-order valence-electron chi connectivity index (χ3n) is 2.59. The normalized spacial score (nSPS) is 16.7. The highest BCUT2D eigenvalue weighted by Crippen LogP contribution is 2.05. The summed E-state index contributed by atoms with van der Waals surface area (Å²) >= 11 is 0. The van der Waals surface area contributed by atoms with Gasteiger partial charge in [0.25, 0.3) is 0 Å². The Labute approximate surface area is 92.2 Å². The topological polar surface area (TPSA) is 48.3 Å². The van der Waals surface area contributed by atoms with Crippen LogP contribution in [0.5, 0.6) is 0 Å². The third kappa shape index (κ3) is 6.45. The van der Waals surface area contributed by atoms with Crippen LogP contribution < -0.4 is 5.32 Å². The first-order chi connectivity index (χ1) is 7.43. The van der Waals surface area contributed by atoms with Gasteiger partial charge in [0.15, 0.2) is 0 Å². The van der Waals surface area contributed by atoms with Crippen LogP contribution in [0, 0.1) is 11.3 Å². The fourth-order valence-electron chi connectivity index (χ4n) is 1.72. The molecule has 1 saturated heterocycles. The summed E-state index contributed by atoms with van der Waals surface area (Å²) in [6.45, 7) is 6.75. The highest BCUT2D eigenvalue weighted by molar-refractivity contribution is 4.69. The van der Waals surface area contributed by atoms with Crippen LogP contribution in [0.3, 0.4) is 0 Å². The Hall–Kier alpha value is -0.630. The quantitative estimate of drug-likeness (QED) is 0.597. The molecule has 0 aliphatic carbocycles. The van der Waals surface area contributed by atoms with Gasteiger partial charge in [-0.3, -0.25) is 0 Å². The van der Waals surface area contributed by atoms with Crippen LogP contribution in [0.25, 0.3) is 0 Å². The van der Waals surface area contributed by atoms with Crippen LogP contribution >= 0.6 is 0 Å². The Bertz CT molecular complexity index is 185. The molecule has 1 N–H and O–H groups in total. The van der Waals surface area contributed by atoms with Crippen LogP contribution in [0.2, 0.25) is 0 Å². The zero-order valence-electron chi connectivity index (χ0n) is 9.37. The fraction of sp³-hybridized carbons (Fsp3) is 0.909. The lowest BCUT2D eigenvalue weighted by atomic mass is 10.4. The number of hydrogen-bond acceptors (Lipinski definition) is 4. The van der Waals surface area contributed by atoms with Gasteiger partial charge in [-0.15, -0.1) is 0 Å². The van der Waals surface area contributed by atoms with E-state index in [4.69, 9.17) is 10.00 Å². The lowest BCUT2D eigenvalue weighted by Gasteiger charge is -2.14. The van der Waals surface area contributed by atoms with Gasteiger partial charge in [-0.2, -0.15) is 5.26 Å². The molecule has 1 fully saturated rings. The minimum atomic E-state index is 0.577. The Balaban J connectivity index is 1.75. The Morgan fingerprint density at radius 3 is 2.73 bits per heavy atom. The molecule has 0 bridgehead atoms. The minimum Gasteiger partial charge on any atom is -0.379 e. The first kappa shape index (κ1) is 12.4. The van der Waals surface area contributed by atoms with E-state index >= 15 is 0 Å². The fourth-order valence-corrected chi connectivity index (χ4v) is 1.72. The van der Waals surface area contributed by atoms with Crippen molar-refractivity contribution in [3.8, 4) is 6.07 Å². The summed E-state index contributed by atoms with van der Waals surface area (Å²) in [5.74, 6) is 0. The monoisotopic (exact) mass is 211 g/mol. The molecule has 0 atom stereocenters. The van der Waals surface area contributed by atoms with Crippen LogP contribution in [-0.4, -0.2) is 50.8 Å². The first-order valence-electron chi connectivity index (χ1n) is 5.81. The number of rotatable bonds is 8. The molecule has 0 unspecified atom stereocenters. The van der Waals surface area contributed by atoms with E-state index in [1.165, 1.54) is 25.9 Å². The largest absolute Gasteiger partial charge is 0.379 e. The molecule has 1 rings (SSSR count). The van der Waals surface area contributed by atoms with Gasteiger partial charge >= 0.3 is 0 Å². The van der Waals surface area contributed by atoms with Crippen LogP contribution in [0.4, 0.5) is 0 Å². The summed E-state index contributed by atoms with van der Waals surface area (Å²) < 4.78 is 5.49. The first-order valence-corrected chi connectivity index (χ1v) is 5.81. The number of nitrogens with one attached hydrogen (secondary N) is 1. The second-order valence-corrected chi connectivity index (χ2v) is 3.82. The molecule has 0 radical (unpaired) electrons. The molecule has 15 heavy (non-hydrogen) atoms. The molecule has 1 heterocycles. The van der Waals surface area contributed by atoms with Gasteiger partial charge in [0.2, 0.25) is 0 Å². The number of nitriles is 1. The van der Waals surface area contributed by atoms with Crippen LogP contribution in [-0.2, 0) is 4.74 Å².